The van der Waals surface area contributed by atoms with Crippen molar-refractivity contribution in [3.8, 4) is 17.2 Å². The molecule has 0 saturated heterocycles. The first-order valence-corrected chi connectivity index (χ1v) is 7.45. The lowest BCUT2D eigenvalue weighted by molar-refractivity contribution is 0.302. The molecule has 0 radical (unpaired) electrons. The number of hydrogen-bond acceptors (Lipinski definition) is 3. The Bertz CT molecular complexity index is 587. The van der Waals surface area contributed by atoms with E-state index in [1.165, 1.54) is 0 Å². The molecule has 0 amide bonds. The first-order chi connectivity index (χ1) is 10.2. The predicted octanol–water partition coefficient (Wildman–Crippen LogP) is 4.64. The quantitative estimate of drug-likeness (QED) is 0.808. The maximum atomic E-state index is 6.05. The van der Waals surface area contributed by atoms with Crippen molar-refractivity contribution in [2.45, 2.75) is 19.9 Å². The van der Waals surface area contributed by atoms with Gasteiger partial charge in [-0.1, -0.05) is 30.7 Å². The normalized spacial score (nSPS) is 10.4. The smallest absolute Gasteiger partial charge is 0.169 e. The van der Waals surface area contributed by atoms with Crippen molar-refractivity contribution in [1.82, 2.24) is 5.32 Å². The Kier molecular flexibility index (Phi) is 5.90. The van der Waals surface area contributed by atoms with E-state index in [0.717, 1.165) is 23.5 Å². The third kappa shape index (κ3) is 4.38. The molecule has 112 valence electrons. The fraction of sp³-hybridized carbons (Fsp3) is 0.294. The molecule has 1 N–H and O–H groups in total. The molecule has 3 nitrogen and oxygen atoms in total. The Morgan fingerprint density at radius 3 is 2.52 bits per heavy atom. The van der Waals surface area contributed by atoms with Crippen molar-refractivity contribution < 1.29 is 9.47 Å². The van der Waals surface area contributed by atoms with E-state index in [-0.39, 0.29) is 0 Å². The summed E-state index contributed by atoms with van der Waals surface area (Å²) >= 11 is 6.05. The molecule has 0 saturated carbocycles. The van der Waals surface area contributed by atoms with E-state index < -0.39 is 0 Å². The van der Waals surface area contributed by atoms with Crippen LogP contribution >= 0.6 is 11.6 Å². The lowest BCUT2D eigenvalue weighted by Gasteiger charge is -2.14. The topological polar surface area (TPSA) is 30.5 Å². The average molecular weight is 306 g/mol. The zero-order valence-electron chi connectivity index (χ0n) is 12.4. The largest absolute Gasteiger partial charge is 0.490 e. The van der Waals surface area contributed by atoms with Crippen molar-refractivity contribution in [3.05, 3.63) is 53.1 Å². The van der Waals surface area contributed by atoms with Gasteiger partial charge in [0.2, 0.25) is 0 Å². The molecule has 2 aromatic carbocycles. The first kappa shape index (κ1) is 15.7. The highest BCUT2D eigenvalue weighted by atomic mass is 35.5. The van der Waals surface area contributed by atoms with Crippen LogP contribution in [0, 0.1) is 0 Å². The van der Waals surface area contributed by atoms with Gasteiger partial charge < -0.3 is 14.8 Å². The van der Waals surface area contributed by atoms with E-state index in [2.05, 4.69) is 12.2 Å². The summed E-state index contributed by atoms with van der Waals surface area (Å²) in [4.78, 5) is 0. The number of benzene rings is 2. The Balaban J connectivity index is 2.25. The van der Waals surface area contributed by atoms with Gasteiger partial charge in [0.25, 0.3) is 0 Å². The van der Waals surface area contributed by atoms with Crippen LogP contribution in [0.4, 0.5) is 0 Å². The van der Waals surface area contributed by atoms with Gasteiger partial charge in [0.1, 0.15) is 5.75 Å². The molecule has 2 rings (SSSR count). The highest BCUT2D eigenvalue weighted by molar-refractivity contribution is 6.30. The van der Waals surface area contributed by atoms with Crippen LogP contribution < -0.4 is 14.8 Å². The SMILES string of the molecule is CCCOc1ccccc1Oc1ccc(Cl)cc1CNC. The predicted molar refractivity (Wildman–Crippen MR) is 86.5 cm³/mol. The highest BCUT2D eigenvalue weighted by Crippen LogP contribution is 2.34. The Morgan fingerprint density at radius 1 is 1.05 bits per heavy atom. The van der Waals surface area contributed by atoms with Crippen LogP contribution in [0.25, 0.3) is 0 Å². The summed E-state index contributed by atoms with van der Waals surface area (Å²) in [6.07, 6.45) is 0.959. The van der Waals surface area contributed by atoms with Gasteiger partial charge in [-0.3, -0.25) is 0 Å². The minimum atomic E-state index is 0.671. The van der Waals surface area contributed by atoms with Crippen LogP contribution in [-0.4, -0.2) is 13.7 Å². The first-order valence-electron chi connectivity index (χ1n) is 7.07. The molecule has 0 aliphatic heterocycles. The van der Waals surface area contributed by atoms with Crippen molar-refractivity contribution in [2.75, 3.05) is 13.7 Å². The lowest BCUT2D eigenvalue weighted by atomic mass is 10.2. The summed E-state index contributed by atoms with van der Waals surface area (Å²) in [5.41, 5.74) is 1.01. The molecule has 21 heavy (non-hydrogen) atoms. The molecule has 0 unspecified atom stereocenters. The summed E-state index contributed by atoms with van der Waals surface area (Å²) in [7, 11) is 1.89. The van der Waals surface area contributed by atoms with Gasteiger partial charge in [0, 0.05) is 17.1 Å². The van der Waals surface area contributed by atoms with E-state index in [4.69, 9.17) is 21.1 Å². The third-order valence-corrected chi connectivity index (χ3v) is 3.16. The fourth-order valence-corrected chi connectivity index (χ4v) is 2.16. The number of rotatable bonds is 7. The lowest BCUT2D eigenvalue weighted by Crippen LogP contribution is -2.06. The van der Waals surface area contributed by atoms with Gasteiger partial charge in [-0.05, 0) is 43.8 Å². The minimum Gasteiger partial charge on any atom is -0.490 e. The average Bonchev–Trinajstić information content (AvgIpc) is 2.49. The molecule has 0 spiro atoms. The molecule has 0 aliphatic carbocycles. The molecular weight excluding hydrogens is 286 g/mol. The molecule has 2 aromatic rings. The molecule has 0 aliphatic rings. The third-order valence-electron chi connectivity index (χ3n) is 2.92. The second-order valence-corrected chi connectivity index (χ2v) is 5.12. The number of hydrogen-bond donors (Lipinski definition) is 1. The zero-order valence-corrected chi connectivity index (χ0v) is 13.1. The summed E-state index contributed by atoms with van der Waals surface area (Å²) in [6.45, 7) is 3.44. The number of para-hydroxylation sites is 2. The van der Waals surface area contributed by atoms with Crippen molar-refractivity contribution >= 4 is 11.6 Å². The molecule has 4 heteroatoms. The van der Waals surface area contributed by atoms with E-state index in [9.17, 15) is 0 Å². The second-order valence-electron chi connectivity index (χ2n) is 4.68. The fourth-order valence-electron chi connectivity index (χ4n) is 1.96. The zero-order chi connectivity index (χ0) is 15.1. The van der Waals surface area contributed by atoms with Crippen LogP contribution in [0.3, 0.4) is 0 Å². The number of nitrogens with one attached hydrogen (secondary N) is 1. The summed E-state index contributed by atoms with van der Waals surface area (Å²) in [5.74, 6) is 2.25. The monoisotopic (exact) mass is 305 g/mol. The van der Waals surface area contributed by atoms with Gasteiger partial charge in [-0.25, -0.2) is 0 Å². The molecule has 0 bridgehead atoms. The summed E-state index contributed by atoms with van der Waals surface area (Å²) < 4.78 is 11.7. The van der Waals surface area contributed by atoms with Crippen LogP contribution in [0.15, 0.2) is 42.5 Å². The van der Waals surface area contributed by atoms with E-state index >= 15 is 0 Å². The summed E-state index contributed by atoms with van der Waals surface area (Å²) in [5, 5.41) is 3.81. The molecular formula is C17H20ClNO2. The highest BCUT2D eigenvalue weighted by Gasteiger charge is 2.09. The van der Waals surface area contributed by atoms with Gasteiger partial charge in [-0.15, -0.1) is 0 Å². The van der Waals surface area contributed by atoms with E-state index in [1.54, 1.807) is 0 Å². The van der Waals surface area contributed by atoms with Crippen LogP contribution in [0.1, 0.15) is 18.9 Å². The summed E-state index contributed by atoms with van der Waals surface area (Å²) in [6, 6.07) is 13.3. The molecule has 0 heterocycles. The van der Waals surface area contributed by atoms with Crippen molar-refractivity contribution in [2.24, 2.45) is 0 Å². The van der Waals surface area contributed by atoms with Crippen LogP contribution in [0.5, 0.6) is 17.2 Å². The van der Waals surface area contributed by atoms with Crippen molar-refractivity contribution in [3.63, 3.8) is 0 Å². The maximum Gasteiger partial charge on any atom is 0.169 e. The number of ether oxygens (including phenoxy) is 2. The molecule has 0 atom stereocenters. The van der Waals surface area contributed by atoms with Gasteiger partial charge in [0.15, 0.2) is 11.5 Å². The second kappa shape index (κ2) is 7.91. The van der Waals surface area contributed by atoms with Crippen molar-refractivity contribution in [1.29, 1.82) is 0 Å². The minimum absolute atomic E-state index is 0.671. The maximum absolute atomic E-state index is 6.05. The Morgan fingerprint density at radius 2 is 1.81 bits per heavy atom. The Labute approximate surface area is 130 Å². The van der Waals surface area contributed by atoms with Gasteiger partial charge >= 0.3 is 0 Å². The van der Waals surface area contributed by atoms with E-state index in [0.29, 0.717) is 23.9 Å². The van der Waals surface area contributed by atoms with Crippen LogP contribution in [0.2, 0.25) is 5.02 Å². The molecule has 0 fully saturated rings. The van der Waals surface area contributed by atoms with Crippen LogP contribution in [-0.2, 0) is 6.54 Å². The van der Waals surface area contributed by atoms with E-state index in [1.807, 2.05) is 49.5 Å². The Hall–Kier alpha value is -1.71. The van der Waals surface area contributed by atoms with Gasteiger partial charge in [0.05, 0.1) is 6.61 Å². The molecule has 0 aromatic heterocycles. The standard InChI is InChI=1S/C17H20ClNO2/c1-3-10-20-16-6-4-5-7-17(16)21-15-9-8-14(18)11-13(15)12-19-2/h4-9,11,19H,3,10,12H2,1-2H3. The number of halogens is 1. The van der Waals surface area contributed by atoms with Gasteiger partial charge in [-0.2, -0.15) is 0 Å².